The highest BCUT2D eigenvalue weighted by Gasteiger charge is 2.09. The normalized spacial score (nSPS) is 10.1. The average Bonchev–Trinajstić information content (AvgIpc) is 2.59. The van der Waals surface area contributed by atoms with E-state index in [1.165, 1.54) is 12.1 Å². The summed E-state index contributed by atoms with van der Waals surface area (Å²) in [6.07, 6.45) is 0. The van der Waals surface area contributed by atoms with Crippen LogP contribution in [0.25, 0.3) is 5.69 Å². The van der Waals surface area contributed by atoms with E-state index in [4.69, 9.17) is 5.26 Å². The second-order valence-electron chi connectivity index (χ2n) is 3.72. The highest BCUT2D eigenvalue weighted by molar-refractivity contribution is 5.51. The van der Waals surface area contributed by atoms with Crippen molar-refractivity contribution in [3.63, 3.8) is 0 Å². The van der Waals surface area contributed by atoms with E-state index in [1.54, 1.807) is 6.07 Å². The van der Waals surface area contributed by atoms with Gasteiger partial charge in [-0.25, -0.2) is 4.39 Å². The van der Waals surface area contributed by atoms with E-state index in [2.05, 4.69) is 0 Å². The van der Waals surface area contributed by atoms with Crippen LogP contribution in [0.5, 0.6) is 0 Å². The molecule has 1 aromatic heterocycles. The van der Waals surface area contributed by atoms with Crippen molar-refractivity contribution in [1.82, 2.24) is 4.57 Å². The van der Waals surface area contributed by atoms with Gasteiger partial charge >= 0.3 is 0 Å². The second kappa shape index (κ2) is 3.82. The molecule has 1 heterocycles. The molecule has 0 atom stereocenters. The maximum Gasteiger partial charge on any atom is 0.124 e. The molecule has 0 unspecified atom stereocenters. The van der Waals surface area contributed by atoms with Gasteiger partial charge in [-0.15, -0.1) is 0 Å². The lowest BCUT2D eigenvalue weighted by molar-refractivity contribution is 0.626. The Kier molecular flexibility index (Phi) is 2.49. The zero-order chi connectivity index (χ0) is 11.7. The number of nitriles is 1. The number of rotatable bonds is 1. The van der Waals surface area contributed by atoms with E-state index in [1.807, 2.05) is 36.6 Å². The van der Waals surface area contributed by atoms with Crippen LogP contribution in [0.2, 0.25) is 0 Å². The van der Waals surface area contributed by atoms with Crippen molar-refractivity contribution in [1.29, 1.82) is 5.26 Å². The first-order valence-electron chi connectivity index (χ1n) is 4.98. The van der Waals surface area contributed by atoms with Crippen molar-refractivity contribution in [2.24, 2.45) is 0 Å². The van der Waals surface area contributed by atoms with Crippen LogP contribution in [0.15, 0.2) is 30.3 Å². The highest BCUT2D eigenvalue weighted by Crippen LogP contribution is 2.20. The summed E-state index contributed by atoms with van der Waals surface area (Å²) in [5.74, 6) is -0.386. The molecule has 0 N–H and O–H groups in total. The lowest BCUT2D eigenvalue weighted by atomic mass is 10.2. The van der Waals surface area contributed by atoms with E-state index in [0.29, 0.717) is 5.56 Å². The van der Waals surface area contributed by atoms with Crippen molar-refractivity contribution in [3.8, 4) is 11.8 Å². The minimum atomic E-state index is -0.386. The molecular weight excluding hydrogens is 203 g/mol. The maximum absolute atomic E-state index is 13.0. The lowest BCUT2D eigenvalue weighted by Crippen LogP contribution is -2.01. The summed E-state index contributed by atoms with van der Waals surface area (Å²) in [5.41, 5.74) is 3.13. The predicted octanol–water partition coefficient (Wildman–Crippen LogP) is 3.10. The van der Waals surface area contributed by atoms with Gasteiger partial charge in [0, 0.05) is 11.4 Å². The molecule has 0 bridgehead atoms. The largest absolute Gasteiger partial charge is 0.317 e. The molecule has 0 fully saturated rings. The fourth-order valence-corrected chi connectivity index (χ4v) is 1.84. The molecule has 0 amide bonds. The number of aromatic nitrogens is 1. The molecule has 1 aromatic carbocycles. The molecular formula is C13H11FN2. The standard InChI is InChI=1S/C13H11FN2/c1-9-3-4-10(2)16(9)13-6-5-12(14)7-11(13)8-15/h3-7H,1-2H3. The van der Waals surface area contributed by atoms with E-state index in [9.17, 15) is 4.39 Å². The lowest BCUT2D eigenvalue weighted by Gasteiger charge is -2.10. The van der Waals surface area contributed by atoms with Crippen LogP contribution in [0.1, 0.15) is 17.0 Å². The van der Waals surface area contributed by atoms with Gasteiger partial charge in [0.05, 0.1) is 11.3 Å². The van der Waals surface area contributed by atoms with Crippen molar-refractivity contribution in [2.75, 3.05) is 0 Å². The minimum Gasteiger partial charge on any atom is -0.317 e. The number of benzene rings is 1. The number of hydrogen-bond acceptors (Lipinski definition) is 1. The van der Waals surface area contributed by atoms with Gasteiger partial charge in [-0.05, 0) is 44.2 Å². The smallest absolute Gasteiger partial charge is 0.124 e. The first-order valence-corrected chi connectivity index (χ1v) is 4.98. The number of nitrogens with zero attached hydrogens (tertiary/aromatic N) is 2. The van der Waals surface area contributed by atoms with Gasteiger partial charge in [0.1, 0.15) is 11.9 Å². The second-order valence-corrected chi connectivity index (χ2v) is 3.72. The fourth-order valence-electron chi connectivity index (χ4n) is 1.84. The summed E-state index contributed by atoms with van der Waals surface area (Å²) in [4.78, 5) is 0. The molecule has 2 rings (SSSR count). The molecule has 0 aliphatic carbocycles. The van der Waals surface area contributed by atoms with Gasteiger partial charge in [0.25, 0.3) is 0 Å². The van der Waals surface area contributed by atoms with Crippen LogP contribution < -0.4 is 0 Å². The van der Waals surface area contributed by atoms with Crippen molar-refractivity contribution in [3.05, 3.63) is 53.1 Å². The van der Waals surface area contributed by atoms with Gasteiger partial charge in [-0.2, -0.15) is 5.26 Å². The molecule has 0 spiro atoms. The summed E-state index contributed by atoms with van der Waals surface area (Å²) in [7, 11) is 0. The van der Waals surface area contributed by atoms with Crippen LogP contribution >= 0.6 is 0 Å². The molecule has 0 radical (unpaired) electrons. The Hall–Kier alpha value is -2.08. The molecule has 0 saturated carbocycles. The SMILES string of the molecule is Cc1ccc(C)n1-c1ccc(F)cc1C#N. The minimum absolute atomic E-state index is 0.349. The van der Waals surface area contributed by atoms with Crippen LogP contribution in [-0.4, -0.2) is 4.57 Å². The van der Waals surface area contributed by atoms with Gasteiger partial charge in [0.15, 0.2) is 0 Å². The molecule has 0 saturated heterocycles. The maximum atomic E-state index is 13.0. The van der Waals surface area contributed by atoms with Crippen LogP contribution in [0, 0.1) is 31.0 Å². The molecule has 0 aliphatic rings. The Bertz CT molecular complexity index is 557. The third-order valence-corrected chi connectivity index (χ3v) is 2.59. The molecule has 80 valence electrons. The average molecular weight is 214 g/mol. The Morgan fingerprint density at radius 3 is 2.31 bits per heavy atom. The van der Waals surface area contributed by atoms with Crippen molar-refractivity contribution in [2.45, 2.75) is 13.8 Å². The van der Waals surface area contributed by atoms with E-state index in [0.717, 1.165) is 17.1 Å². The Balaban J connectivity index is 2.70. The summed E-state index contributed by atoms with van der Waals surface area (Å²) < 4.78 is 15.0. The molecule has 2 nitrogen and oxygen atoms in total. The molecule has 3 heteroatoms. The van der Waals surface area contributed by atoms with Gasteiger partial charge in [-0.1, -0.05) is 0 Å². The van der Waals surface area contributed by atoms with Crippen LogP contribution in [0.4, 0.5) is 4.39 Å². The summed E-state index contributed by atoms with van der Waals surface area (Å²) in [6, 6.07) is 10.2. The monoisotopic (exact) mass is 214 g/mol. The highest BCUT2D eigenvalue weighted by atomic mass is 19.1. The van der Waals surface area contributed by atoms with E-state index in [-0.39, 0.29) is 5.82 Å². The number of hydrogen-bond donors (Lipinski definition) is 0. The summed E-state index contributed by atoms with van der Waals surface area (Å²) >= 11 is 0. The number of halogens is 1. The first-order chi connectivity index (χ1) is 7.63. The molecule has 2 aromatic rings. The molecule has 16 heavy (non-hydrogen) atoms. The third-order valence-electron chi connectivity index (χ3n) is 2.59. The van der Waals surface area contributed by atoms with E-state index < -0.39 is 0 Å². The zero-order valence-corrected chi connectivity index (χ0v) is 9.16. The first kappa shape index (κ1) is 10.4. The fraction of sp³-hybridized carbons (Fsp3) is 0.154. The summed E-state index contributed by atoms with van der Waals surface area (Å²) in [6.45, 7) is 3.91. The third kappa shape index (κ3) is 1.59. The van der Waals surface area contributed by atoms with Crippen molar-refractivity contribution >= 4 is 0 Å². The molecule has 0 aliphatic heterocycles. The zero-order valence-electron chi connectivity index (χ0n) is 9.16. The van der Waals surface area contributed by atoms with Crippen LogP contribution in [0.3, 0.4) is 0 Å². The van der Waals surface area contributed by atoms with Gasteiger partial charge in [-0.3, -0.25) is 0 Å². The van der Waals surface area contributed by atoms with Gasteiger partial charge in [0.2, 0.25) is 0 Å². The quantitative estimate of drug-likeness (QED) is 0.717. The van der Waals surface area contributed by atoms with Crippen LogP contribution in [-0.2, 0) is 0 Å². The summed E-state index contributed by atoms with van der Waals surface area (Å²) in [5, 5.41) is 8.99. The van der Waals surface area contributed by atoms with Crippen molar-refractivity contribution < 1.29 is 4.39 Å². The number of aryl methyl sites for hydroxylation is 2. The Labute approximate surface area is 93.6 Å². The predicted molar refractivity (Wildman–Crippen MR) is 59.9 cm³/mol. The Morgan fingerprint density at radius 1 is 1.12 bits per heavy atom. The van der Waals surface area contributed by atoms with Gasteiger partial charge < -0.3 is 4.57 Å². The van der Waals surface area contributed by atoms with E-state index >= 15 is 0 Å². The topological polar surface area (TPSA) is 28.7 Å². The Morgan fingerprint density at radius 2 is 1.75 bits per heavy atom.